The smallest absolute Gasteiger partial charge is 0.492 e. The Morgan fingerprint density at radius 1 is 1.06 bits per heavy atom. The summed E-state index contributed by atoms with van der Waals surface area (Å²) < 4.78 is 5.31. The molecule has 0 aromatic heterocycles. The quantitative estimate of drug-likeness (QED) is 0.799. The van der Waals surface area contributed by atoms with Crippen LogP contribution in [0.25, 0.3) is 11.1 Å². The van der Waals surface area contributed by atoms with Crippen molar-refractivity contribution in [3.63, 3.8) is 0 Å². The number of ether oxygens (including phenoxy) is 1. The monoisotopic (exact) mass is 242 g/mol. The van der Waals surface area contributed by atoms with Gasteiger partial charge in [-0.25, -0.2) is 0 Å². The molecule has 0 aliphatic carbocycles. The van der Waals surface area contributed by atoms with Crippen LogP contribution >= 0.6 is 0 Å². The summed E-state index contributed by atoms with van der Waals surface area (Å²) in [7, 11) is -0.00902. The van der Waals surface area contributed by atoms with Crippen LogP contribution in [0.15, 0.2) is 42.5 Å². The Hall–Kier alpha value is -1.78. The average Bonchev–Trinajstić information content (AvgIpc) is 2.37. The van der Waals surface area contributed by atoms with Gasteiger partial charge in [-0.05, 0) is 12.5 Å². The second kappa shape index (κ2) is 5.25. The molecule has 0 unspecified atom stereocenters. The Kier molecular flexibility index (Phi) is 3.70. The van der Waals surface area contributed by atoms with Crippen molar-refractivity contribution in [2.75, 3.05) is 7.11 Å². The normalized spacial score (nSPS) is 10.2. The zero-order valence-corrected chi connectivity index (χ0v) is 10.4. The summed E-state index contributed by atoms with van der Waals surface area (Å²) in [6.07, 6.45) is 0. The van der Waals surface area contributed by atoms with E-state index in [9.17, 15) is 10.0 Å². The lowest BCUT2D eigenvalue weighted by molar-refractivity contribution is 0.404. The minimum Gasteiger partial charge on any atom is -0.496 e. The fourth-order valence-corrected chi connectivity index (χ4v) is 2.03. The van der Waals surface area contributed by atoms with Crippen LogP contribution in [0.4, 0.5) is 0 Å². The summed E-state index contributed by atoms with van der Waals surface area (Å²) in [5, 5.41) is 18.7. The van der Waals surface area contributed by atoms with E-state index in [0.717, 1.165) is 16.7 Å². The Bertz CT molecular complexity index is 552. The molecule has 2 aromatic rings. The highest BCUT2D eigenvalue weighted by Crippen LogP contribution is 2.28. The molecule has 18 heavy (non-hydrogen) atoms. The summed E-state index contributed by atoms with van der Waals surface area (Å²) in [6, 6.07) is 13.3. The zero-order chi connectivity index (χ0) is 13.1. The molecule has 4 heteroatoms. The van der Waals surface area contributed by atoms with Gasteiger partial charge in [0.2, 0.25) is 0 Å². The summed E-state index contributed by atoms with van der Waals surface area (Å²) in [5.74, 6) is 0.498. The number of methoxy groups -OCH3 is 1. The third-order valence-corrected chi connectivity index (χ3v) is 2.86. The van der Waals surface area contributed by atoms with Gasteiger partial charge in [-0.2, -0.15) is 0 Å². The number of benzene rings is 2. The van der Waals surface area contributed by atoms with E-state index < -0.39 is 7.12 Å². The highest BCUT2D eigenvalue weighted by molar-refractivity contribution is 6.60. The van der Waals surface area contributed by atoms with Gasteiger partial charge in [-0.1, -0.05) is 48.0 Å². The fourth-order valence-electron chi connectivity index (χ4n) is 2.03. The lowest BCUT2D eigenvalue weighted by Gasteiger charge is -2.13. The second-order valence-corrected chi connectivity index (χ2v) is 4.17. The lowest BCUT2D eigenvalue weighted by atomic mass is 9.78. The molecule has 2 rings (SSSR count). The van der Waals surface area contributed by atoms with E-state index in [2.05, 4.69) is 0 Å². The van der Waals surface area contributed by atoms with Crippen LogP contribution in [0.1, 0.15) is 5.56 Å². The maximum absolute atomic E-state index is 9.34. The second-order valence-electron chi connectivity index (χ2n) is 4.17. The first-order valence-corrected chi connectivity index (χ1v) is 5.73. The van der Waals surface area contributed by atoms with Gasteiger partial charge in [-0.15, -0.1) is 0 Å². The molecule has 2 N–H and O–H groups in total. The first-order valence-electron chi connectivity index (χ1n) is 5.73. The van der Waals surface area contributed by atoms with Gasteiger partial charge in [0.05, 0.1) is 7.11 Å². The molecule has 0 aliphatic heterocycles. The number of aryl methyl sites for hydroxylation is 1. The number of para-hydroxylation sites is 1. The average molecular weight is 242 g/mol. The molecule has 3 nitrogen and oxygen atoms in total. The predicted octanol–water partition coefficient (Wildman–Crippen LogP) is 1.35. The van der Waals surface area contributed by atoms with Gasteiger partial charge in [0.15, 0.2) is 0 Å². The minimum absolute atomic E-state index is 0.372. The topological polar surface area (TPSA) is 49.7 Å². The molecule has 0 atom stereocenters. The van der Waals surface area contributed by atoms with Gasteiger partial charge < -0.3 is 14.8 Å². The zero-order valence-electron chi connectivity index (χ0n) is 10.4. The molecule has 0 saturated carbocycles. The molecule has 0 fully saturated rings. The van der Waals surface area contributed by atoms with Crippen molar-refractivity contribution in [1.29, 1.82) is 0 Å². The van der Waals surface area contributed by atoms with E-state index in [0.29, 0.717) is 11.2 Å². The summed E-state index contributed by atoms with van der Waals surface area (Å²) in [4.78, 5) is 0. The van der Waals surface area contributed by atoms with Crippen molar-refractivity contribution in [1.82, 2.24) is 0 Å². The van der Waals surface area contributed by atoms with E-state index >= 15 is 0 Å². The molecule has 0 heterocycles. The molecule has 92 valence electrons. The van der Waals surface area contributed by atoms with Gasteiger partial charge in [0.25, 0.3) is 0 Å². The standard InChI is InChI=1S/C14H15BO3/c1-10-5-3-6-11(9-10)12-7-4-8-13(15(16)17)14(12)18-2/h3-9,16-17H,1-2H3. The SMILES string of the molecule is COc1c(B(O)O)cccc1-c1cccc(C)c1. The number of hydrogen-bond acceptors (Lipinski definition) is 3. The van der Waals surface area contributed by atoms with Crippen LogP contribution in [0.3, 0.4) is 0 Å². The first kappa shape index (κ1) is 12.7. The van der Waals surface area contributed by atoms with Crippen molar-refractivity contribution in [3.05, 3.63) is 48.0 Å². The molecule has 0 aliphatic rings. The Balaban J connectivity index is 2.61. The molecule has 0 amide bonds. The molecule has 0 radical (unpaired) electrons. The summed E-state index contributed by atoms with van der Waals surface area (Å²) >= 11 is 0. The Morgan fingerprint density at radius 2 is 1.78 bits per heavy atom. The predicted molar refractivity (Wildman–Crippen MR) is 73.0 cm³/mol. The van der Waals surface area contributed by atoms with Crippen LogP contribution in [0.5, 0.6) is 5.75 Å². The number of hydrogen-bond donors (Lipinski definition) is 2. The number of rotatable bonds is 3. The highest BCUT2D eigenvalue weighted by atomic mass is 16.5. The maximum atomic E-state index is 9.34. The molecular weight excluding hydrogens is 227 g/mol. The molecule has 2 aromatic carbocycles. The van der Waals surface area contributed by atoms with Crippen LogP contribution in [-0.4, -0.2) is 24.3 Å². The van der Waals surface area contributed by atoms with Crippen molar-refractivity contribution in [3.8, 4) is 16.9 Å². The van der Waals surface area contributed by atoms with E-state index in [-0.39, 0.29) is 0 Å². The third kappa shape index (κ3) is 2.40. The minimum atomic E-state index is -1.54. The first-order chi connectivity index (χ1) is 8.63. The molecule has 0 spiro atoms. The van der Waals surface area contributed by atoms with Gasteiger partial charge >= 0.3 is 7.12 Å². The fraction of sp³-hybridized carbons (Fsp3) is 0.143. The maximum Gasteiger partial charge on any atom is 0.492 e. The van der Waals surface area contributed by atoms with Gasteiger partial charge in [-0.3, -0.25) is 0 Å². The van der Waals surface area contributed by atoms with E-state index in [1.54, 1.807) is 12.1 Å². The van der Waals surface area contributed by atoms with Crippen molar-refractivity contribution in [2.45, 2.75) is 6.92 Å². The Morgan fingerprint density at radius 3 is 2.39 bits per heavy atom. The van der Waals surface area contributed by atoms with E-state index in [1.807, 2.05) is 37.3 Å². The Labute approximate surface area is 107 Å². The van der Waals surface area contributed by atoms with Gasteiger partial charge in [0, 0.05) is 11.0 Å². The lowest BCUT2D eigenvalue weighted by Crippen LogP contribution is -2.31. The van der Waals surface area contributed by atoms with Crippen LogP contribution < -0.4 is 10.2 Å². The molecular formula is C14H15BO3. The van der Waals surface area contributed by atoms with Crippen molar-refractivity contribution in [2.24, 2.45) is 0 Å². The van der Waals surface area contributed by atoms with Crippen LogP contribution in [0, 0.1) is 6.92 Å². The van der Waals surface area contributed by atoms with Crippen LogP contribution in [0.2, 0.25) is 0 Å². The van der Waals surface area contributed by atoms with Crippen LogP contribution in [-0.2, 0) is 0 Å². The third-order valence-electron chi connectivity index (χ3n) is 2.86. The largest absolute Gasteiger partial charge is 0.496 e. The summed E-state index contributed by atoms with van der Waals surface area (Å²) in [6.45, 7) is 2.01. The van der Waals surface area contributed by atoms with E-state index in [4.69, 9.17) is 4.74 Å². The van der Waals surface area contributed by atoms with E-state index in [1.165, 1.54) is 7.11 Å². The highest BCUT2D eigenvalue weighted by Gasteiger charge is 2.19. The summed E-state index contributed by atoms with van der Waals surface area (Å²) in [5.41, 5.74) is 3.36. The van der Waals surface area contributed by atoms with Crippen molar-refractivity contribution >= 4 is 12.6 Å². The van der Waals surface area contributed by atoms with Crippen molar-refractivity contribution < 1.29 is 14.8 Å². The molecule has 0 bridgehead atoms. The van der Waals surface area contributed by atoms with Gasteiger partial charge in [0.1, 0.15) is 5.75 Å². The molecule has 0 saturated heterocycles.